The van der Waals surface area contributed by atoms with Crippen LogP contribution in [0.4, 0.5) is 13.2 Å². The number of halogens is 3. The Balaban J connectivity index is 2.25. The van der Waals surface area contributed by atoms with Crippen molar-refractivity contribution >= 4 is 5.91 Å². The zero-order valence-corrected chi connectivity index (χ0v) is 10.3. The first kappa shape index (κ1) is 13.9. The lowest BCUT2D eigenvalue weighted by Gasteiger charge is -2.38. The van der Waals surface area contributed by atoms with Crippen LogP contribution in [0.1, 0.15) is 29.1 Å². The molecule has 2 heterocycles. The van der Waals surface area contributed by atoms with E-state index in [-0.39, 0.29) is 25.1 Å². The van der Waals surface area contributed by atoms with Crippen molar-refractivity contribution in [2.24, 2.45) is 5.73 Å². The summed E-state index contributed by atoms with van der Waals surface area (Å²) in [6.45, 7) is 1.45. The van der Waals surface area contributed by atoms with E-state index in [1.165, 1.54) is 6.07 Å². The van der Waals surface area contributed by atoms with Gasteiger partial charge in [0.25, 0.3) is 5.91 Å². The first-order valence-electron chi connectivity index (χ1n) is 5.85. The third kappa shape index (κ3) is 2.89. The monoisotopic (exact) mass is 277 g/mol. The molecule has 0 aromatic carbocycles. The number of carbonyl (C=O) groups excluding carboxylic acids is 1. The quantitative estimate of drug-likeness (QED) is 0.843. The minimum absolute atomic E-state index is 0.136. The second-order valence-electron chi connectivity index (χ2n) is 4.68. The van der Waals surface area contributed by atoms with Gasteiger partial charge >= 0.3 is 6.18 Å². The highest BCUT2D eigenvalue weighted by Crippen LogP contribution is 2.32. The Labute approximate surface area is 107 Å². The summed E-state index contributed by atoms with van der Waals surface area (Å²) in [7, 11) is 0. The summed E-state index contributed by atoms with van der Waals surface area (Å²) in [5, 5.41) is 3.50. The molecule has 2 N–H and O–H groups in total. The van der Waals surface area contributed by atoms with E-state index in [1.807, 2.05) is 0 Å². The van der Waals surface area contributed by atoms with Crippen LogP contribution in [-0.2, 0) is 0 Å². The number of aromatic nitrogens is 1. The molecule has 19 heavy (non-hydrogen) atoms. The number of aryl methyl sites for hydroxylation is 1. The molecular weight excluding hydrogens is 263 g/mol. The highest BCUT2D eigenvalue weighted by atomic mass is 19.4. The van der Waals surface area contributed by atoms with Crippen LogP contribution in [0.5, 0.6) is 0 Å². The molecule has 2 atom stereocenters. The molecule has 0 saturated carbocycles. The van der Waals surface area contributed by atoms with E-state index in [9.17, 15) is 18.0 Å². The van der Waals surface area contributed by atoms with Crippen LogP contribution >= 0.6 is 0 Å². The fourth-order valence-corrected chi connectivity index (χ4v) is 2.17. The van der Waals surface area contributed by atoms with Gasteiger partial charge in [-0.2, -0.15) is 13.2 Å². The molecule has 8 heteroatoms. The number of alkyl halides is 3. The standard InChI is InChI=1S/C11H14F3N3O2/c1-6-4-8(19-16-6)10(18)17-5-7(15)2-3-9(17)11(12,13)14/h4,7,9H,2-3,5,15H2,1H3/t7-,9-/m1/s1. The maximum Gasteiger partial charge on any atom is 0.408 e. The van der Waals surface area contributed by atoms with E-state index in [1.54, 1.807) is 6.92 Å². The molecule has 0 aliphatic carbocycles. The van der Waals surface area contributed by atoms with Crippen LogP contribution in [0, 0.1) is 6.92 Å². The molecule has 2 rings (SSSR count). The third-order valence-corrected chi connectivity index (χ3v) is 3.10. The molecule has 1 amide bonds. The van der Waals surface area contributed by atoms with Crippen LogP contribution in [0.3, 0.4) is 0 Å². The van der Waals surface area contributed by atoms with Gasteiger partial charge in [-0.25, -0.2) is 0 Å². The van der Waals surface area contributed by atoms with Gasteiger partial charge in [0.05, 0.1) is 5.69 Å². The summed E-state index contributed by atoms with van der Waals surface area (Å²) in [6.07, 6.45) is -4.42. The molecule has 1 aliphatic rings. The number of nitrogens with two attached hydrogens (primary N) is 1. The Morgan fingerprint density at radius 2 is 2.21 bits per heavy atom. The highest BCUT2D eigenvalue weighted by Gasteiger charge is 2.48. The van der Waals surface area contributed by atoms with Gasteiger partial charge in [0.15, 0.2) is 0 Å². The smallest absolute Gasteiger partial charge is 0.351 e. The summed E-state index contributed by atoms with van der Waals surface area (Å²) >= 11 is 0. The van der Waals surface area contributed by atoms with Gasteiger partial charge in [-0.1, -0.05) is 5.16 Å². The van der Waals surface area contributed by atoms with E-state index >= 15 is 0 Å². The molecule has 106 valence electrons. The van der Waals surface area contributed by atoms with Crippen LogP contribution < -0.4 is 5.73 Å². The van der Waals surface area contributed by atoms with Crippen molar-refractivity contribution in [1.82, 2.24) is 10.1 Å². The first-order valence-corrected chi connectivity index (χ1v) is 5.85. The maximum absolute atomic E-state index is 12.9. The zero-order valence-electron chi connectivity index (χ0n) is 10.3. The number of nitrogens with zero attached hydrogens (tertiary/aromatic N) is 2. The largest absolute Gasteiger partial charge is 0.408 e. The van der Waals surface area contributed by atoms with Crippen molar-refractivity contribution in [3.8, 4) is 0 Å². The Morgan fingerprint density at radius 1 is 1.53 bits per heavy atom. The van der Waals surface area contributed by atoms with E-state index in [4.69, 9.17) is 10.3 Å². The first-order chi connectivity index (χ1) is 8.79. The molecule has 0 spiro atoms. The number of piperidine rings is 1. The van der Waals surface area contributed by atoms with E-state index < -0.39 is 24.2 Å². The molecule has 1 aromatic heterocycles. The predicted octanol–water partition coefficient (Wildman–Crippen LogP) is 1.48. The van der Waals surface area contributed by atoms with Gasteiger partial charge in [0.1, 0.15) is 6.04 Å². The van der Waals surface area contributed by atoms with Gasteiger partial charge < -0.3 is 15.2 Å². The average Bonchev–Trinajstić information content (AvgIpc) is 2.73. The minimum Gasteiger partial charge on any atom is -0.351 e. The summed E-state index contributed by atoms with van der Waals surface area (Å²) in [5.41, 5.74) is 6.08. The summed E-state index contributed by atoms with van der Waals surface area (Å²) < 4.78 is 43.5. The van der Waals surface area contributed by atoms with Crippen molar-refractivity contribution in [3.05, 3.63) is 17.5 Å². The Bertz CT molecular complexity index is 472. The molecule has 5 nitrogen and oxygen atoms in total. The molecule has 1 aliphatic heterocycles. The Hall–Kier alpha value is -1.57. The van der Waals surface area contributed by atoms with Crippen LogP contribution in [-0.4, -0.2) is 40.8 Å². The van der Waals surface area contributed by atoms with Gasteiger partial charge in [0, 0.05) is 18.7 Å². The second-order valence-corrected chi connectivity index (χ2v) is 4.68. The molecule has 1 fully saturated rings. The lowest BCUT2D eigenvalue weighted by atomic mass is 9.98. The molecule has 1 aromatic rings. The van der Waals surface area contributed by atoms with Crippen molar-refractivity contribution in [2.45, 2.75) is 38.0 Å². The van der Waals surface area contributed by atoms with Crippen molar-refractivity contribution < 1.29 is 22.5 Å². The average molecular weight is 277 g/mol. The normalized spacial score (nSPS) is 24.6. The third-order valence-electron chi connectivity index (χ3n) is 3.10. The number of hydrogen-bond acceptors (Lipinski definition) is 4. The maximum atomic E-state index is 12.9. The van der Waals surface area contributed by atoms with E-state index in [0.717, 1.165) is 4.90 Å². The lowest BCUT2D eigenvalue weighted by molar-refractivity contribution is -0.184. The Kier molecular flexibility index (Phi) is 3.53. The van der Waals surface area contributed by atoms with Crippen molar-refractivity contribution in [3.63, 3.8) is 0 Å². The minimum atomic E-state index is -4.47. The molecule has 1 saturated heterocycles. The summed E-state index contributed by atoms with van der Waals surface area (Å²) in [4.78, 5) is 12.8. The summed E-state index contributed by atoms with van der Waals surface area (Å²) in [6, 6.07) is -0.952. The Morgan fingerprint density at radius 3 is 2.74 bits per heavy atom. The predicted molar refractivity (Wildman–Crippen MR) is 59.3 cm³/mol. The van der Waals surface area contributed by atoms with Crippen LogP contribution in [0.2, 0.25) is 0 Å². The van der Waals surface area contributed by atoms with Crippen molar-refractivity contribution in [2.75, 3.05) is 6.54 Å². The highest BCUT2D eigenvalue weighted by molar-refractivity contribution is 5.91. The number of hydrogen-bond donors (Lipinski definition) is 1. The second kappa shape index (κ2) is 4.84. The lowest BCUT2D eigenvalue weighted by Crippen LogP contribution is -2.56. The fraction of sp³-hybridized carbons (Fsp3) is 0.636. The van der Waals surface area contributed by atoms with Gasteiger partial charge in [-0.3, -0.25) is 4.79 Å². The molecular formula is C11H14F3N3O2. The fourth-order valence-electron chi connectivity index (χ4n) is 2.17. The van der Waals surface area contributed by atoms with Gasteiger partial charge in [0.2, 0.25) is 5.76 Å². The number of rotatable bonds is 1. The van der Waals surface area contributed by atoms with Gasteiger partial charge in [-0.05, 0) is 19.8 Å². The number of likely N-dealkylation sites (tertiary alicyclic amines) is 1. The van der Waals surface area contributed by atoms with E-state index in [0.29, 0.717) is 5.69 Å². The SMILES string of the molecule is Cc1cc(C(=O)N2C[C@H](N)CC[C@@H]2C(F)(F)F)on1. The summed E-state index contributed by atoms with van der Waals surface area (Å²) in [5.74, 6) is -1.01. The zero-order chi connectivity index (χ0) is 14.2. The molecule has 0 bridgehead atoms. The number of carbonyl (C=O) groups is 1. The number of amides is 1. The van der Waals surface area contributed by atoms with Crippen LogP contribution in [0.25, 0.3) is 0 Å². The molecule has 0 radical (unpaired) electrons. The van der Waals surface area contributed by atoms with Crippen LogP contribution in [0.15, 0.2) is 10.6 Å². The van der Waals surface area contributed by atoms with Gasteiger partial charge in [-0.15, -0.1) is 0 Å². The topological polar surface area (TPSA) is 72.4 Å². The van der Waals surface area contributed by atoms with E-state index in [2.05, 4.69) is 5.16 Å². The van der Waals surface area contributed by atoms with Crippen molar-refractivity contribution in [1.29, 1.82) is 0 Å². The molecule has 0 unspecified atom stereocenters.